The SMILES string of the molecule is [CH]=CC(C)(O)C(C)(C)Cc1ccccc1C(F)(F)F. The highest BCUT2D eigenvalue weighted by atomic mass is 19.4. The lowest BCUT2D eigenvalue weighted by Crippen LogP contribution is -2.41. The summed E-state index contributed by atoms with van der Waals surface area (Å²) >= 11 is 0. The van der Waals surface area contributed by atoms with Crippen LogP contribution in [0.15, 0.2) is 30.3 Å². The zero-order valence-corrected chi connectivity index (χ0v) is 11.3. The molecule has 0 aliphatic heterocycles. The maximum atomic E-state index is 12.9. The van der Waals surface area contributed by atoms with Crippen molar-refractivity contribution in [3.05, 3.63) is 48.0 Å². The van der Waals surface area contributed by atoms with Crippen molar-refractivity contribution in [1.29, 1.82) is 0 Å². The Morgan fingerprint density at radius 2 is 1.68 bits per heavy atom. The summed E-state index contributed by atoms with van der Waals surface area (Å²) in [4.78, 5) is 0. The summed E-state index contributed by atoms with van der Waals surface area (Å²) in [6.07, 6.45) is -3.21. The molecule has 1 aromatic carbocycles. The molecule has 0 heterocycles. The Morgan fingerprint density at radius 3 is 2.16 bits per heavy atom. The number of benzene rings is 1. The van der Waals surface area contributed by atoms with E-state index in [1.165, 1.54) is 19.1 Å². The smallest absolute Gasteiger partial charge is 0.386 e. The predicted octanol–water partition coefficient (Wildman–Crippen LogP) is 4.01. The highest BCUT2D eigenvalue weighted by Gasteiger charge is 2.40. The molecule has 1 N–H and O–H groups in total. The number of aliphatic hydroxyl groups is 1. The van der Waals surface area contributed by atoms with Crippen molar-refractivity contribution < 1.29 is 18.3 Å². The third-order valence-corrected chi connectivity index (χ3v) is 3.65. The summed E-state index contributed by atoms with van der Waals surface area (Å²) in [5, 5.41) is 10.1. The maximum Gasteiger partial charge on any atom is 0.416 e. The minimum atomic E-state index is -4.40. The van der Waals surface area contributed by atoms with Crippen LogP contribution in [0.3, 0.4) is 0 Å². The van der Waals surface area contributed by atoms with Crippen molar-refractivity contribution in [2.45, 2.75) is 39.0 Å². The van der Waals surface area contributed by atoms with Crippen molar-refractivity contribution in [3.8, 4) is 0 Å². The third kappa shape index (κ3) is 3.38. The Labute approximate surface area is 111 Å². The van der Waals surface area contributed by atoms with Crippen LogP contribution in [0.5, 0.6) is 0 Å². The zero-order chi connectivity index (χ0) is 14.9. The van der Waals surface area contributed by atoms with Gasteiger partial charge in [-0.2, -0.15) is 13.2 Å². The minimum Gasteiger partial charge on any atom is -0.386 e. The highest BCUT2D eigenvalue weighted by molar-refractivity contribution is 5.31. The molecule has 4 heteroatoms. The van der Waals surface area contributed by atoms with Crippen LogP contribution in [0, 0.1) is 12.0 Å². The molecule has 105 valence electrons. The van der Waals surface area contributed by atoms with E-state index in [9.17, 15) is 18.3 Å². The Bertz CT molecular complexity index is 459. The van der Waals surface area contributed by atoms with Crippen LogP contribution in [0.1, 0.15) is 31.9 Å². The number of hydrogen-bond donors (Lipinski definition) is 1. The lowest BCUT2D eigenvalue weighted by atomic mass is 9.71. The van der Waals surface area contributed by atoms with Crippen molar-refractivity contribution in [3.63, 3.8) is 0 Å². The molecule has 19 heavy (non-hydrogen) atoms. The average Bonchev–Trinajstić information content (AvgIpc) is 2.27. The van der Waals surface area contributed by atoms with E-state index in [-0.39, 0.29) is 12.0 Å². The van der Waals surface area contributed by atoms with Crippen LogP contribution in [-0.2, 0) is 12.6 Å². The summed E-state index contributed by atoms with van der Waals surface area (Å²) in [7, 11) is 0. The Kier molecular flexibility index (Phi) is 4.15. The summed E-state index contributed by atoms with van der Waals surface area (Å²) in [6, 6.07) is 5.39. The average molecular weight is 271 g/mol. The molecule has 1 aromatic rings. The summed E-state index contributed by atoms with van der Waals surface area (Å²) in [5.41, 5.74) is -2.69. The van der Waals surface area contributed by atoms with Gasteiger partial charge in [-0.1, -0.05) is 44.7 Å². The van der Waals surface area contributed by atoms with Crippen molar-refractivity contribution >= 4 is 0 Å². The molecule has 1 radical (unpaired) electrons. The van der Waals surface area contributed by atoms with E-state index in [2.05, 4.69) is 0 Å². The lowest BCUT2D eigenvalue weighted by molar-refractivity contribution is -0.138. The Balaban J connectivity index is 3.17. The number of rotatable bonds is 4. The van der Waals surface area contributed by atoms with Crippen molar-refractivity contribution in [1.82, 2.24) is 0 Å². The third-order valence-electron chi connectivity index (χ3n) is 3.65. The van der Waals surface area contributed by atoms with E-state index in [4.69, 9.17) is 6.58 Å². The summed E-state index contributed by atoms with van der Waals surface area (Å²) in [5.74, 6) is 0. The second kappa shape index (κ2) is 5.00. The fourth-order valence-electron chi connectivity index (χ4n) is 1.83. The number of alkyl halides is 3. The maximum absolute atomic E-state index is 12.9. The summed E-state index contributed by atoms with van der Waals surface area (Å²) in [6.45, 7) is 10.2. The normalized spacial score (nSPS) is 15.9. The van der Waals surface area contributed by atoms with Gasteiger partial charge in [0.05, 0.1) is 11.2 Å². The molecule has 0 aromatic heterocycles. The van der Waals surface area contributed by atoms with Crippen molar-refractivity contribution in [2.75, 3.05) is 0 Å². The Hall–Kier alpha value is -1.29. The first kappa shape index (κ1) is 15.8. The molecule has 0 bridgehead atoms. The fraction of sp³-hybridized carbons (Fsp3) is 0.467. The van der Waals surface area contributed by atoms with Gasteiger partial charge >= 0.3 is 6.18 Å². The molecule has 1 nitrogen and oxygen atoms in total. The van der Waals surface area contributed by atoms with Gasteiger partial charge in [0.1, 0.15) is 0 Å². The molecule has 0 saturated carbocycles. The zero-order valence-electron chi connectivity index (χ0n) is 11.3. The molecular formula is C15H18F3O. The van der Waals surface area contributed by atoms with Gasteiger partial charge in [-0.25, -0.2) is 0 Å². The van der Waals surface area contributed by atoms with Crippen LogP contribution >= 0.6 is 0 Å². The van der Waals surface area contributed by atoms with Gasteiger partial charge in [0, 0.05) is 5.41 Å². The molecule has 0 fully saturated rings. The topological polar surface area (TPSA) is 20.2 Å². The van der Waals surface area contributed by atoms with Gasteiger partial charge in [0.2, 0.25) is 0 Å². The number of halogens is 3. The molecule has 0 spiro atoms. The standard InChI is InChI=1S/C15H18F3O/c1-5-14(4,19)13(2,3)10-11-8-6-7-9-12(11)15(16,17)18/h1,5-9,19H,10H2,2-4H3. The summed E-state index contributed by atoms with van der Waals surface area (Å²) < 4.78 is 38.7. The van der Waals surface area contributed by atoms with Gasteiger partial charge in [0.25, 0.3) is 0 Å². The quantitative estimate of drug-likeness (QED) is 0.877. The first-order valence-electron chi connectivity index (χ1n) is 5.95. The fourth-order valence-corrected chi connectivity index (χ4v) is 1.83. The number of hydrogen-bond acceptors (Lipinski definition) is 1. The van der Waals surface area contributed by atoms with Crippen molar-refractivity contribution in [2.24, 2.45) is 5.41 Å². The van der Waals surface area contributed by atoms with E-state index in [1.807, 2.05) is 0 Å². The van der Waals surface area contributed by atoms with E-state index in [1.54, 1.807) is 19.9 Å². The molecular weight excluding hydrogens is 253 g/mol. The molecule has 0 aliphatic carbocycles. The molecule has 0 amide bonds. The van der Waals surface area contributed by atoms with Crippen LogP contribution in [0.2, 0.25) is 0 Å². The van der Waals surface area contributed by atoms with Gasteiger partial charge in [0.15, 0.2) is 0 Å². The second-order valence-corrected chi connectivity index (χ2v) is 5.53. The molecule has 0 saturated heterocycles. The predicted molar refractivity (Wildman–Crippen MR) is 68.4 cm³/mol. The van der Waals surface area contributed by atoms with E-state index in [0.29, 0.717) is 0 Å². The second-order valence-electron chi connectivity index (χ2n) is 5.53. The monoisotopic (exact) mass is 271 g/mol. The molecule has 1 atom stereocenters. The van der Waals surface area contributed by atoms with Crippen LogP contribution < -0.4 is 0 Å². The van der Waals surface area contributed by atoms with Crippen LogP contribution in [0.25, 0.3) is 0 Å². The lowest BCUT2D eigenvalue weighted by Gasteiger charge is -2.38. The van der Waals surface area contributed by atoms with Crippen LogP contribution in [-0.4, -0.2) is 10.7 Å². The largest absolute Gasteiger partial charge is 0.416 e. The van der Waals surface area contributed by atoms with Crippen LogP contribution in [0.4, 0.5) is 13.2 Å². The van der Waals surface area contributed by atoms with Gasteiger partial charge in [-0.05, 0) is 25.0 Å². The van der Waals surface area contributed by atoms with E-state index in [0.717, 1.165) is 12.1 Å². The van der Waals surface area contributed by atoms with E-state index >= 15 is 0 Å². The molecule has 1 rings (SSSR count). The molecule has 1 unspecified atom stereocenters. The minimum absolute atomic E-state index is 0.0728. The molecule has 0 aliphatic rings. The van der Waals surface area contributed by atoms with Gasteiger partial charge in [-0.15, -0.1) is 0 Å². The van der Waals surface area contributed by atoms with Gasteiger partial charge < -0.3 is 5.11 Å². The Morgan fingerprint density at radius 1 is 1.16 bits per heavy atom. The highest BCUT2D eigenvalue weighted by Crippen LogP contribution is 2.39. The van der Waals surface area contributed by atoms with E-state index < -0.39 is 22.8 Å². The first-order valence-corrected chi connectivity index (χ1v) is 5.95. The first-order chi connectivity index (χ1) is 8.51. The van der Waals surface area contributed by atoms with Gasteiger partial charge in [-0.3, -0.25) is 0 Å².